The summed E-state index contributed by atoms with van der Waals surface area (Å²) in [6.45, 7) is 0. The number of benzene rings is 5. The maximum absolute atomic E-state index is 16.1. The van der Waals surface area contributed by atoms with Crippen molar-refractivity contribution in [3.63, 3.8) is 0 Å². The minimum absolute atomic E-state index is 2.12. The van der Waals surface area contributed by atoms with Gasteiger partial charge in [-0.25, -0.2) is 44.9 Å². The largest absolute Gasteiger partial charge is 0.462 e. The van der Waals surface area contributed by atoms with Gasteiger partial charge in [0.25, 0.3) is 23.6 Å². The highest BCUT2D eigenvalue weighted by molar-refractivity contribution is 6.42. The minimum atomic E-state index is -7.54. The predicted octanol–water partition coefficient (Wildman–Crippen LogP) is 9.62. The number of fused-ring (bicyclic) bond motifs is 2. The van der Waals surface area contributed by atoms with Gasteiger partial charge >= 0.3 is 36.3 Å². The van der Waals surface area contributed by atoms with Crippen LogP contribution in [0.15, 0.2) is 0 Å². The SMILES string of the molecule is O=C1c2c(F)c(F)c3c4c(F)c(F)c5c6c(c(F)c(F)c(c7c(F)c(F)c(c2c37)C(=O)N1C(F)(F)C(F)(F)C(F)(F)F)c64)C(=O)N(C(F)(F)C(F)(F)C(F)(F)F)C5=O. The summed E-state index contributed by atoms with van der Waals surface area (Å²) in [4.78, 5) is 47.1. The van der Waals surface area contributed by atoms with Crippen LogP contribution in [0.4, 0.5) is 96.6 Å². The molecule has 0 aromatic heterocycles. The summed E-state index contributed by atoms with van der Waals surface area (Å²) in [7, 11) is 0. The van der Waals surface area contributed by atoms with E-state index in [1.807, 2.05) is 0 Å². The van der Waals surface area contributed by atoms with E-state index in [1.54, 1.807) is 0 Å². The third-order valence-corrected chi connectivity index (χ3v) is 9.22. The molecule has 6 nitrogen and oxygen atoms in total. The van der Waals surface area contributed by atoms with E-state index in [4.69, 9.17) is 0 Å². The second-order valence-electron chi connectivity index (χ2n) is 12.1. The van der Waals surface area contributed by atoms with E-state index in [-0.39, 0.29) is 0 Å². The fraction of sp³-hybridized carbons (Fsp3) is 0.200. The molecule has 0 unspecified atom stereocenters. The Kier molecular flexibility index (Phi) is 7.65. The smallest absolute Gasteiger partial charge is 0.268 e. The van der Waals surface area contributed by atoms with Gasteiger partial charge in [0.15, 0.2) is 46.5 Å². The lowest BCUT2D eigenvalue weighted by Gasteiger charge is -2.38. The molecule has 2 aliphatic heterocycles. The Bertz CT molecular complexity index is 2510. The number of halogens is 22. The lowest BCUT2D eigenvalue weighted by molar-refractivity contribution is -0.376. The third kappa shape index (κ3) is 4.18. The second kappa shape index (κ2) is 11.0. The molecule has 28 heteroatoms. The number of rotatable bonds is 4. The summed E-state index contributed by atoms with van der Waals surface area (Å²) in [6, 6.07) is -14.5. The van der Waals surface area contributed by atoms with Crippen molar-refractivity contribution in [3.05, 3.63) is 68.8 Å². The van der Waals surface area contributed by atoms with Gasteiger partial charge in [-0.15, -0.1) is 0 Å². The van der Waals surface area contributed by atoms with Gasteiger partial charge in [-0.2, -0.15) is 61.5 Å². The van der Waals surface area contributed by atoms with E-state index < -0.39 is 182 Å². The highest BCUT2D eigenvalue weighted by Gasteiger charge is 2.79. The molecule has 4 amide bonds. The highest BCUT2D eigenvalue weighted by atomic mass is 19.4. The van der Waals surface area contributed by atoms with Gasteiger partial charge in [0.05, 0.1) is 22.3 Å². The number of alkyl halides is 14. The summed E-state index contributed by atoms with van der Waals surface area (Å²) in [6.07, 6.45) is -14.8. The summed E-state index contributed by atoms with van der Waals surface area (Å²) in [5.74, 6) is -54.1. The van der Waals surface area contributed by atoms with E-state index in [9.17, 15) is 80.6 Å². The molecule has 0 radical (unpaired) electrons. The van der Waals surface area contributed by atoms with Crippen LogP contribution in [-0.4, -0.2) is 69.7 Å². The normalized spacial score (nSPS) is 16.2. The average Bonchev–Trinajstić information content (AvgIpc) is 3.08. The zero-order valence-corrected chi connectivity index (χ0v) is 25.8. The van der Waals surface area contributed by atoms with Crippen molar-refractivity contribution >= 4 is 66.7 Å². The van der Waals surface area contributed by atoms with Crippen LogP contribution in [0.3, 0.4) is 0 Å². The molecule has 0 N–H and O–H groups in total. The van der Waals surface area contributed by atoms with Gasteiger partial charge < -0.3 is 0 Å². The molecule has 0 saturated heterocycles. The minimum Gasteiger partial charge on any atom is -0.268 e. The first-order valence-corrected chi connectivity index (χ1v) is 14.3. The van der Waals surface area contributed by atoms with E-state index >= 15 is 35.1 Å². The Morgan fingerprint density at radius 3 is 0.638 bits per heavy atom. The number of hydrogen-bond acceptors (Lipinski definition) is 4. The van der Waals surface area contributed by atoms with E-state index in [0.29, 0.717) is 0 Å². The van der Waals surface area contributed by atoms with Crippen LogP contribution in [0, 0.1) is 46.5 Å². The molecule has 0 spiro atoms. The quantitative estimate of drug-likeness (QED) is 0.0593. The van der Waals surface area contributed by atoms with Gasteiger partial charge in [0.2, 0.25) is 0 Å². The standard InChI is InChI=1S/C30F22N2O4/c31-13-5-1-3-9(17(13)35)21(55)53(29(49,50)25(39,40)27(43,44)45)22(56)10(3)18(36)14(32)6(1)8-2-4-11(19(37)15(33)7(2)5)23(57)54(24(58)12(4)20(38)16(8)34)30(51,52)26(41,42)28(46,47)48. The molecule has 0 aliphatic carbocycles. The monoisotopic (exact) mass is 870 g/mol. The van der Waals surface area contributed by atoms with Crippen LogP contribution in [0.5, 0.6) is 0 Å². The van der Waals surface area contributed by atoms with Crippen molar-refractivity contribution in [2.45, 2.75) is 36.3 Å². The first-order chi connectivity index (χ1) is 26.2. The van der Waals surface area contributed by atoms with Gasteiger partial charge in [0, 0.05) is 43.1 Å². The number of amides is 4. The molecule has 58 heavy (non-hydrogen) atoms. The van der Waals surface area contributed by atoms with E-state index in [1.165, 1.54) is 0 Å². The average molecular weight is 870 g/mol. The third-order valence-electron chi connectivity index (χ3n) is 9.22. The molecule has 0 saturated carbocycles. The molecular formula is C30F22N2O4. The highest BCUT2D eigenvalue weighted by Crippen LogP contribution is 2.56. The number of hydrogen-bond donors (Lipinski definition) is 0. The molecule has 0 bridgehead atoms. The summed E-state index contributed by atoms with van der Waals surface area (Å²) in [5.41, 5.74) is -10.9. The lowest BCUT2D eigenvalue weighted by atomic mass is 9.80. The molecule has 0 fully saturated rings. The number of nitrogens with zero attached hydrogens (tertiary/aromatic N) is 2. The molecule has 7 rings (SSSR count). The molecule has 2 heterocycles. The van der Waals surface area contributed by atoms with Crippen LogP contribution in [-0.2, 0) is 0 Å². The maximum atomic E-state index is 16.1. The zero-order chi connectivity index (χ0) is 44.0. The zero-order valence-electron chi connectivity index (χ0n) is 25.8. The van der Waals surface area contributed by atoms with Crippen LogP contribution in [0.1, 0.15) is 41.4 Å². The Hall–Kier alpha value is -5.86. The Morgan fingerprint density at radius 2 is 0.466 bits per heavy atom. The Labute approximate surface area is 298 Å². The molecule has 5 aromatic rings. The maximum Gasteiger partial charge on any atom is 0.462 e. The predicted molar refractivity (Wildman–Crippen MR) is 140 cm³/mol. The molecular weight excluding hydrogens is 870 g/mol. The molecule has 0 atom stereocenters. The number of carbonyl (C=O) groups excluding carboxylic acids is 4. The topological polar surface area (TPSA) is 74.8 Å². The molecule has 308 valence electrons. The number of imide groups is 2. The van der Waals surface area contributed by atoms with Gasteiger partial charge in [-0.3, -0.25) is 19.2 Å². The summed E-state index contributed by atoms with van der Waals surface area (Å²) >= 11 is 0. The van der Waals surface area contributed by atoms with Crippen molar-refractivity contribution < 1.29 is 116 Å². The van der Waals surface area contributed by atoms with E-state index in [2.05, 4.69) is 0 Å². The van der Waals surface area contributed by atoms with Crippen LogP contribution < -0.4 is 0 Å². The first kappa shape index (κ1) is 40.3. The Balaban J connectivity index is 1.71. The van der Waals surface area contributed by atoms with Crippen molar-refractivity contribution in [1.82, 2.24) is 9.80 Å². The van der Waals surface area contributed by atoms with Crippen molar-refractivity contribution in [2.24, 2.45) is 0 Å². The fourth-order valence-electron chi connectivity index (χ4n) is 6.76. The Morgan fingerprint density at radius 1 is 0.276 bits per heavy atom. The molecule has 2 aliphatic rings. The summed E-state index contributed by atoms with van der Waals surface area (Å²) < 4.78 is 321. The first-order valence-electron chi connectivity index (χ1n) is 14.3. The van der Waals surface area contributed by atoms with Crippen LogP contribution >= 0.6 is 0 Å². The van der Waals surface area contributed by atoms with Gasteiger partial charge in [-0.1, -0.05) is 0 Å². The summed E-state index contributed by atoms with van der Waals surface area (Å²) in [5, 5.41) is -17.9. The number of carbonyl (C=O) groups is 4. The van der Waals surface area contributed by atoms with Gasteiger partial charge in [0.1, 0.15) is 0 Å². The van der Waals surface area contributed by atoms with Crippen molar-refractivity contribution in [1.29, 1.82) is 0 Å². The van der Waals surface area contributed by atoms with Crippen molar-refractivity contribution in [2.75, 3.05) is 0 Å². The van der Waals surface area contributed by atoms with Crippen LogP contribution in [0.25, 0.3) is 43.1 Å². The van der Waals surface area contributed by atoms with E-state index in [0.717, 1.165) is 0 Å². The van der Waals surface area contributed by atoms with Crippen LogP contribution in [0.2, 0.25) is 0 Å². The molecule has 5 aromatic carbocycles. The fourth-order valence-corrected chi connectivity index (χ4v) is 6.76. The second-order valence-corrected chi connectivity index (χ2v) is 12.1. The van der Waals surface area contributed by atoms with Gasteiger partial charge in [-0.05, 0) is 0 Å². The lowest BCUT2D eigenvalue weighted by Crippen LogP contribution is -2.65. The van der Waals surface area contributed by atoms with Crippen molar-refractivity contribution in [3.8, 4) is 0 Å².